The molecule has 0 fully saturated rings. The molecule has 1 aromatic heterocycles. The lowest BCUT2D eigenvalue weighted by Gasteiger charge is -2.06. The lowest BCUT2D eigenvalue weighted by atomic mass is 10.4. The number of fused-ring (bicyclic) bond motifs is 1. The van der Waals surface area contributed by atoms with Crippen LogP contribution in [0.25, 0.3) is 6.08 Å². The van der Waals surface area contributed by atoms with Crippen LogP contribution in [0.3, 0.4) is 0 Å². The SMILES string of the molecule is C1=Cc2nccnc2SN1. The van der Waals surface area contributed by atoms with Gasteiger partial charge in [-0.05, 0) is 6.08 Å². The zero-order chi connectivity index (χ0) is 6.81. The first-order valence-electron chi connectivity index (χ1n) is 2.87. The van der Waals surface area contributed by atoms with E-state index in [1.165, 1.54) is 11.9 Å². The van der Waals surface area contributed by atoms with Crippen LogP contribution in [-0.4, -0.2) is 9.97 Å². The van der Waals surface area contributed by atoms with Crippen molar-refractivity contribution in [3.63, 3.8) is 0 Å². The van der Waals surface area contributed by atoms with Gasteiger partial charge in [-0.15, -0.1) is 0 Å². The maximum Gasteiger partial charge on any atom is 0.142 e. The van der Waals surface area contributed by atoms with Gasteiger partial charge in [-0.25, -0.2) is 4.98 Å². The molecule has 0 spiro atoms. The highest BCUT2D eigenvalue weighted by atomic mass is 32.2. The molecule has 0 atom stereocenters. The fourth-order valence-corrected chi connectivity index (χ4v) is 1.32. The molecule has 1 aromatic rings. The Hall–Kier alpha value is -1.03. The van der Waals surface area contributed by atoms with E-state index in [0.717, 1.165) is 10.7 Å². The van der Waals surface area contributed by atoms with Gasteiger partial charge in [0.25, 0.3) is 0 Å². The van der Waals surface area contributed by atoms with Crippen molar-refractivity contribution in [1.29, 1.82) is 0 Å². The molecule has 0 saturated heterocycles. The monoisotopic (exact) mass is 151 g/mol. The summed E-state index contributed by atoms with van der Waals surface area (Å²) >= 11 is 1.48. The molecule has 50 valence electrons. The van der Waals surface area contributed by atoms with Gasteiger partial charge < -0.3 is 4.72 Å². The molecule has 1 aliphatic heterocycles. The van der Waals surface area contributed by atoms with Crippen molar-refractivity contribution in [2.24, 2.45) is 0 Å². The summed E-state index contributed by atoms with van der Waals surface area (Å²) in [6, 6.07) is 0. The number of nitrogens with one attached hydrogen (secondary N) is 1. The van der Waals surface area contributed by atoms with Gasteiger partial charge in [-0.3, -0.25) is 4.98 Å². The van der Waals surface area contributed by atoms with Crippen LogP contribution in [-0.2, 0) is 0 Å². The number of nitrogens with zero attached hydrogens (tertiary/aromatic N) is 2. The van der Waals surface area contributed by atoms with E-state index >= 15 is 0 Å². The minimum Gasteiger partial charge on any atom is -0.331 e. The first-order valence-corrected chi connectivity index (χ1v) is 3.68. The van der Waals surface area contributed by atoms with Crippen molar-refractivity contribution >= 4 is 18.0 Å². The van der Waals surface area contributed by atoms with Crippen LogP contribution in [0.4, 0.5) is 0 Å². The van der Waals surface area contributed by atoms with Crippen molar-refractivity contribution in [2.45, 2.75) is 5.03 Å². The van der Waals surface area contributed by atoms with Crippen molar-refractivity contribution < 1.29 is 0 Å². The first-order chi connectivity index (χ1) is 4.97. The van der Waals surface area contributed by atoms with Crippen LogP contribution in [0, 0.1) is 0 Å². The standard InChI is InChI=1S/C6H5N3S/c1-2-9-10-6-5(1)7-3-4-8-6/h1-4,9H. The third-order valence-corrected chi connectivity index (χ3v) is 1.92. The number of aromatic nitrogens is 2. The zero-order valence-corrected chi connectivity index (χ0v) is 5.93. The topological polar surface area (TPSA) is 37.8 Å². The summed E-state index contributed by atoms with van der Waals surface area (Å²) in [5.41, 5.74) is 0.936. The fourth-order valence-electron chi connectivity index (χ4n) is 0.732. The van der Waals surface area contributed by atoms with E-state index in [2.05, 4.69) is 14.7 Å². The highest BCUT2D eigenvalue weighted by molar-refractivity contribution is 7.97. The van der Waals surface area contributed by atoms with Gasteiger partial charge in [0, 0.05) is 30.5 Å². The lowest BCUT2D eigenvalue weighted by Crippen LogP contribution is -2.01. The smallest absolute Gasteiger partial charge is 0.142 e. The Labute approximate surface area is 62.7 Å². The second-order valence-corrected chi connectivity index (χ2v) is 2.63. The van der Waals surface area contributed by atoms with Crippen LogP contribution >= 0.6 is 11.9 Å². The molecule has 1 N–H and O–H groups in total. The van der Waals surface area contributed by atoms with Crippen LogP contribution in [0.5, 0.6) is 0 Å². The van der Waals surface area contributed by atoms with Crippen molar-refractivity contribution in [2.75, 3.05) is 0 Å². The van der Waals surface area contributed by atoms with Gasteiger partial charge in [0.05, 0.1) is 5.69 Å². The van der Waals surface area contributed by atoms with Crippen molar-refractivity contribution in [1.82, 2.24) is 14.7 Å². The molecule has 4 heteroatoms. The third kappa shape index (κ3) is 0.863. The average molecular weight is 151 g/mol. The minimum absolute atomic E-state index is 0.935. The molecule has 0 saturated carbocycles. The van der Waals surface area contributed by atoms with Gasteiger partial charge in [-0.2, -0.15) is 0 Å². The van der Waals surface area contributed by atoms with Gasteiger partial charge in [0.2, 0.25) is 0 Å². The van der Waals surface area contributed by atoms with Crippen molar-refractivity contribution in [3.8, 4) is 0 Å². The number of hydrogen-bond acceptors (Lipinski definition) is 4. The van der Waals surface area contributed by atoms with E-state index in [4.69, 9.17) is 0 Å². The van der Waals surface area contributed by atoms with Crippen LogP contribution in [0.15, 0.2) is 23.6 Å². The molecule has 0 aromatic carbocycles. The Morgan fingerprint density at radius 2 is 2.20 bits per heavy atom. The molecule has 2 rings (SSSR count). The molecular weight excluding hydrogens is 146 g/mol. The quantitative estimate of drug-likeness (QED) is 0.562. The van der Waals surface area contributed by atoms with Gasteiger partial charge in [0.15, 0.2) is 0 Å². The van der Waals surface area contributed by atoms with E-state index in [9.17, 15) is 0 Å². The van der Waals surface area contributed by atoms with E-state index < -0.39 is 0 Å². The van der Waals surface area contributed by atoms with E-state index in [-0.39, 0.29) is 0 Å². The summed E-state index contributed by atoms with van der Waals surface area (Å²) in [6.45, 7) is 0. The van der Waals surface area contributed by atoms with E-state index in [0.29, 0.717) is 0 Å². The van der Waals surface area contributed by atoms with Crippen LogP contribution < -0.4 is 4.72 Å². The highest BCUT2D eigenvalue weighted by Crippen LogP contribution is 2.19. The molecule has 2 heterocycles. The van der Waals surface area contributed by atoms with Crippen LogP contribution in [0.1, 0.15) is 5.69 Å². The maximum atomic E-state index is 4.11. The molecular formula is C6H5N3S. The Morgan fingerprint density at radius 3 is 3.10 bits per heavy atom. The van der Waals surface area contributed by atoms with Gasteiger partial charge >= 0.3 is 0 Å². The summed E-state index contributed by atoms with van der Waals surface area (Å²) in [6.07, 6.45) is 7.13. The molecule has 1 aliphatic rings. The highest BCUT2D eigenvalue weighted by Gasteiger charge is 2.04. The van der Waals surface area contributed by atoms with Crippen LogP contribution in [0.2, 0.25) is 0 Å². The third-order valence-electron chi connectivity index (χ3n) is 1.16. The minimum atomic E-state index is 0.935. The number of hydrogen-bond donors (Lipinski definition) is 1. The largest absolute Gasteiger partial charge is 0.331 e. The lowest BCUT2D eigenvalue weighted by molar-refractivity contribution is 1.02. The summed E-state index contributed by atoms with van der Waals surface area (Å²) in [5, 5.41) is 0.935. The van der Waals surface area contributed by atoms with E-state index in [1.54, 1.807) is 12.4 Å². The molecule has 0 unspecified atom stereocenters. The molecule has 3 nitrogen and oxygen atoms in total. The summed E-state index contributed by atoms with van der Waals surface area (Å²) in [5.74, 6) is 0. The summed E-state index contributed by atoms with van der Waals surface area (Å²) < 4.78 is 2.97. The second-order valence-electron chi connectivity index (χ2n) is 1.80. The molecule has 10 heavy (non-hydrogen) atoms. The Bertz CT molecular complexity index is 271. The zero-order valence-electron chi connectivity index (χ0n) is 5.11. The summed E-state index contributed by atoms with van der Waals surface area (Å²) in [4.78, 5) is 8.22. The number of rotatable bonds is 0. The molecule has 0 amide bonds. The normalized spacial score (nSPS) is 14.0. The Morgan fingerprint density at radius 1 is 1.30 bits per heavy atom. The predicted molar refractivity (Wildman–Crippen MR) is 40.1 cm³/mol. The molecule has 0 radical (unpaired) electrons. The summed E-state index contributed by atoms with van der Waals surface area (Å²) in [7, 11) is 0. The maximum absolute atomic E-state index is 4.11. The van der Waals surface area contributed by atoms with E-state index in [1.807, 2.05) is 12.3 Å². The van der Waals surface area contributed by atoms with Gasteiger partial charge in [0.1, 0.15) is 5.03 Å². The second kappa shape index (κ2) is 2.30. The Kier molecular flexibility index (Phi) is 1.32. The Balaban J connectivity index is 2.54. The van der Waals surface area contributed by atoms with Crippen molar-refractivity contribution in [3.05, 3.63) is 24.3 Å². The predicted octanol–water partition coefficient (Wildman–Crippen LogP) is 1.06. The molecule has 0 aliphatic carbocycles. The average Bonchev–Trinajstić information content (AvgIpc) is 2.05. The first kappa shape index (κ1) is 5.73. The molecule has 0 bridgehead atoms. The fraction of sp³-hybridized carbons (Fsp3) is 0. The van der Waals surface area contributed by atoms with Gasteiger partial charge in [-0.1, -0.05) is 0 Å².